The smallest absolute Gasteiger partial charge is 0.296 e. The first kappa shape index (κ1) is 27.2. The third-order valence-corrected chi connectivity index (χ3v) is 7.97. The molecule has 0 spiro atoms. The van der Waals surface area contributed by atoms with Crippen molar-refractivity contribution in [3.8, 4) is 17.0 Å². The Morgan fingerprint density at radius 1 is 1.05 bits per heavy atom. The van der Waals surface area contributed by atoms with Gasteiger partial charge in [0.05, 0.1) is 23.7 Å². The zero-order valence-electron chi connectivity index (χ0n) is 21.0. The van der Waals surface area contributed by atoms with Crippen LogP contribution < -0.4 is 5.56 Å². The van der Waals surface area contributed by atoms with Gasteiger partial charge in [0, 0.05) is 25.3 Å². The lowest BCUT2D eigenvalue weighted by Gasteiger charge is -2.25. The number of sulfone groups is 1. The van der Waals surface area contributed by atoms with Crippen molar-refractivity contribution in [1.29, 1.82) is 0 Å². The summed E-state index contributed by atoms with van der Waals surface area (Å²) >= 11 is 0. The molecular formula is C28H28FN3O5S. The fraction of sp³-hybridized carbons (Fsp3) is 0.250. The van der Waals surface area contributed by atoms with Gasteiger partial charge < -0.3 is 9.84 Å². The third-order valence-electron chi connectivity index (χ3n) is 6.18. The summed E-state index contributed by atoms with van der Waals surface area (Å²) in [5.74, 6) is -0.948. The number of hydrogen-bond donors (Lipinski definition) is 1. The lowest BCUT2D eigenvalue weighted by atomic mass is 10.1. The van der Waals surface area contributed by atoms with Gasteiger partial charge in [-0.1, -0.05) is 55.8 Å². The van der Waals surface area contributed by atoms with Gasteiger partial charge in [-0.25, -0.2) is 12.8 Å². The molecule has 0 aliphatic heterocycles. The first-order valence-electron chi connectivity index (χ1n) is 12.1. The molecule has 0 unspecified atom stereocenters. The Morgan fingerprint density at radius 3 is 2.39 bits per heavy atom. The van der Waals surface area contributed by atoms with E-state index < -0.39 is 38.0 Å². The quantitative estimate of drug-likeness (QED) is 0.316. The molecule has 2 heterocycles. The zero-order chi connectivity index (χ0) is 27.3. The minimum absolute atomic E-state index is 0.108. The number of methoxy groups -OCH3 is 1. The number of benzene rings is 2. The lowest BCUT2D eigenvalue weighted by molar-refractivity contribution is 0.161. The highest BCUT2D eigenvalue weighted by molar-refractivity contribution is 7.91. The van der Waals surface area contributed by atoms with Crippen LogP contribution in [0.3, 0.4) is 0 Å². The van der Waals surface area contributed by atoms with E-state index >= 15 is 0 Å². The number of pyridine rings is 1. The molecular weight excluding hydrogens is 509 g/mol. The van der Waals surface area contributed by atoms with Crippen LogP contribution in [-0.2, 0) is 21.0 Å². The Kier molecular flexibility index (Phi) is 8.33. The number of aryl methyl sites for hydroxylation is 1. The second-order valence-electron chi connectivity index (χ2n) is 8.76. The maximum Gasteiger partial charge on any atom is 0.296 e. The van der Waals surface area contributed by atoms with Crippen LogP contribution in [-0.4, -0.2) is 41.8 Å². The second-order valence-corrected chi connectivity index (χ2v) is 10.6. The van der Waals surface area contributed by atoms with E-state index in [2.05, 4.69) is 9.97 Å². The van der Waals surface area contributed by atoms with Crippen molar-refractivity contribution in [1.82, 2.24) is 14.5 Å². The Bertz CT molecular complexity index is 1570. The van der Waals surface area contributed by atoms with Crippen molar-refractivity contribution in [3.05, 3.63) is 101 Å². The largest absolute Gasteiger partial charge is 0.493 e. The zero-order valence-corrected chi connectivity index (χ0v) is 21.9. The molecule has 10 heteroatoms. The van der Waals surface area contributed by atoms with Gasteiger partial charge >= 0.3 is 0 Å². The van der Waals surface area contributed by atoms with Gasteiger partial charge in [0.2, 0.25) is 15.7 Å². The normalized spacial score (nSPS) is 12.4. The van der Waals surface area contributed by atoms with E-state index in [1.54, 1.807) is 0 Å². The SMILES string of the molecule is CCCCc1nc(=O)c(S(=O)(=O)c2ccc(-c3cncc(F)c3)cc2)c(O)n1[C@@H](COC)c1ccccc1. The van der Waals surface area contributed by atoms with Crippen LogP contribution in [0, 0.1) is 5.82 Å². The van der Waals surface area contributed by atoms with Gasteiger partial charge in [-0.3, -0.25) is 14.3 Å². The third kappa shape index (κ3) is 5.51. The Morgan fingerprint density at radius 2 is 1.76 bits per heavy atom. The molecule has 198 valence electrons. The van der Waals surface area contributed by atoms with Crippen LogP contribution >= 0.6 is 0 Å². The molecule has 4 rings (SSSR count). The molecule has 0 bridgehead atoms. The fourth-order valence-corrected chi connectivity index (χ4v) is 5.63. The van der Waals surface area contributed by atoms with Crippen LogP contribution in [0.1, 0.15) is 37.2 Å². The van der Waals surface area contributed by atoms with Gasteiger partial charge in [-0.05, 0) is 35.7 Å². The van der Waals surface area contributed by atoms with E-state index in [9.17, 15) is 22.7 Å². The molecule has 2 aromatic heterocycles. The van der Waals surface area contributed by atoms with E-state index in [1.807, 2.05) is 37.3 Å². The Balaban J connectivity index is 1.86. The van der Waals surface area contributed by atoms with E-state index in [-0.39, 0.29) is 17.3 Å². The van der Waals surface area contributed by atoms with Crippen LogP contribution in [0.4, 0.5) is 4.39 Å². The number of aromatic hydroxyl groups is 1. The van der Waals surface area contributed by atoms with Gasteiger partial charge in [-0.2, -0.15) is 4.98 Å². The van der Waals surface area contributed by atoms with Crippen molar-refractivity contribution in [2.45, 2.75) is 42.0 Å². The minimum Gasteiger partial charge on any atom is -0.493 e. The number of nitrogens with zero attached hydrogens (tertiary/aromatic N) is 3. The number of rotatable bonds is 10. The van der Waals surface area contributed by atoms with E-state index in [1.165, 1.54) is 48.2 Å². The molecule has 0 amide bonds. The maximum atomic E-state index is 13.7. The van der Waals surface area contributed by atoms with Crippen molar-refractivity contribution in [2.24, 2.45) is 0 Å². The Hall–Kier alpha value is -3.89. The molecule has 1 N–H and O–H groups in total. The summed E-state index contributed by atoms with van der Waals surface area (Å²) in [4.78, 5) is 20.0. The van der Waals surface area contributed by atoms with Crippen LogP contribution in [0.25, 0.3) is 11.1 Å². The number of unbranched alkanes of at least 4 members (excludes halogenated alkanes) is 1. The maximum absolute atomic E-state index is 13.7. The summed E-state index contributed by atoms with van der Waals surface area (Å²) in [5.41, 5.74) is 0.720. The number of hydrogen-bond acceptors (Lipinski definition) is 7. The number of ether oxygens (including phenoxy) is 1. The molecule has 1 atom stereocenters. The number of aromatic nitrogens is 3. The Labute approximate surface area is 220 Å². The second kappa shape index (κ2) is 11.7. The summed E-state index contributed by atoms with van der Waals surface area (Å²) in [7, 11) is -2.97. The highest BCUT2D eigenvalue weighted by atomic mass is 32.2. The van der Waals surface area contributed by atoms with Crippen LogP contribution in [0.2, 0.25) is 0 Å². The molecule has 0 aliphatic carbocycles. The van der Waals surface area contributed by atoms with Crippen molar-refractivity contribution in [3.63, 3.8) is 0 Å². The van der Waals surface area contributed by atoms with Crippen molar-refractivity contribution >= 4 is 9.84 Å². The van der Waals surface area contributed by atoms with Gasteiger partial charge in [0.15, 0.2) is 4.90 Å². The first-order chi connectivity index (χ1) is 18.3. The minimum atomic E-state index is -4.47. The molecule has 2 aromatic carbocycles. The summed E-state index contributed by atoms with van der Waals surface area (Å²) in [6.45, 7) is 2.09. The predicted octanol–water partition coefficient (Wildman–Crippen LogP) is 4.56. The van der Waals surface area contributed by atoms with Crippen LogP contribution in [0.15, 0.2) is 87.6 Å². The number of halogens is 1. The summed E-state index contributed by atoms with van der Waals surface area (Å²) < 4.78 is 47.7. The van der Waals surface area contributed by atoms with Crippen LogP contribution in [0.5, 0.6) is 5.88 Å². The average Bonchev–Trinajstić information content (AvgIpc) is 2.91. The van der Waals surface area contributed by atoms with Gasteiger partial charge in [0.1, 0.15) is 11.6 Å². The summed E-state index contributed by atoms with van der Waals surface area (Å²) in [6, 6.07) is 15.4. The summed E-state index contributed by atoms with van der Waals surface area (Å²) in [5, 5.41) is 11.4. The summed E-state index contributed by atoms with van der Waals surface area (Å²) in [6.07, 6.45) is 4.38. The van der Waals surface area contributed by atoms with Gasteiger partial charge in [-0.15, -0.1) is 0 Å². The van der Waals surface area contributed by atoms with E-state index in [0.717, 1.165) is 18.2 Å². The van der Waals surface area contributed by atoms with E-state index in [0.29, 0.717) is 24.0 Å². The molecule has 0 aliphatic rings. The average molecular weight is 538 g/mol. The monoisotopic (exact) mass is 537 g/mol. The van der Waals surface area contributed by atoms with E-state index in [4.69, 9.17) is 4.74 Å². The highest BCUT2D eigenvalue weighted by Gasteiger charge is 2.32. The van der Waals surface area contributed by atoms with Crippen molar-refractivity contribution < 1.29 is 22.7 Å². The molecule has 0 radical (unpaired) electrons. The molecule has 0 saturated carbocycles. The molecule has 0 saturated heterocycles. The standard InChI is InChI=1S/C28H28FN3O5S/c1-3-4-10-25-31-27(33)26(28(34)32(25)24(18-37-2)20-8-6-5-7-9-20)38(35,36)23-13-11-19(12-14-23)21-15-22(29)17-30-16-21/h5-9,11-17,24,34H,3-4,10,18H2,1-2H3/t24-/m0/s1. The molecule has 8 nitrogen and oxygen atoms in total. The lowest BCUT2D eigenvalue weighted by Crippen LogP contribution is -2.29. The topological polar surface area (TPSA) is 111 Å². The molecule has 4 aromatic rings. The van der Waals surface area contributed by atoms with Crippen molar-refractivity contribution in [2.75, 3.05) is 13.7 Å². The molecule has 0 fully saturated rings. The fourth-order valence-electron chi connectivity index (χ4n) is 4.29. The predicted molar refractivity (Wildman–Crippen MR) is 140 cm³/mol. The van der Waals surface area contributed by atoms with Gasteiger partial charge in [0.25, 0.3) is 5.56 Å². The first-order valence-corrected chi connectivity index (χ1v) is 13.6. The molecule has 38 heavy (non-hydrogen) atoms. The highest BCUT2D eigenvalue weighted by Crippen LogP contribution is 2.33.